The molecule has 0 aliphatic carbocycles. The number of hydrogen-bond acceptors (Lipinski definition) is 8. The lowest BCUT2D eigenvalue weighted by atomic mass is 9.81. The van der Waals surface area contributed by atoms with Crippen molar-refractivity contribution in [3.05, 3.63) is 24.0 Å². The number of rotatable bonds is 22. The Morgan fingerprint density at radius 2 is 1.43 bits per heavy atom. The zero-order valence-corrected chi connectivity index (χ0v) is 33.7. The standard InChI is InChI=1S/C42H74O9/c1-26(22-30(5)35(44)25-36(45)31(6)23-28(3)21-27(2)15-16-38(47)48)13-12-14-29(4)39(49)32(7)37(46)24-34-17-18-41(10,50-34)42(11)20-19-40(9,51-42)33(8)43/h12,14,25-34,37,39,43-44,46,49H,13,15-24H2,1-11H3,(H,47,48)/b14-12+,35-25-/t26-,27-,28+,29-,30-,31+,32+,33-,34+,37+,39-,40+,41+,42-/m1/s1. The zero-order chi connectivity index (χ0) is 38.9. The minimum atomic E-state index is -0.782. The molecule has 2 aliphatic rings. The lowest BCUT2D eigenvalue weighted by Gasteiger charge is -2.43. The van der Waals surface area contributed by atoms with E-state index in [9.17, 15) is 30.0 Å². The summed E-state index contributed by atoms with van der Waals surface area (Å²) in [5.41, 5.74) is -1.63. The van der Waals surface area contributed by atoms with Gasteiger partial charge in [-0.15, -0.1) is 0 Å². The summed E-state index contributed by atoms with van der Waals surface area (Å²) < 4.78 is 13.0. The van der Waals surface area contributed by atoms with Crippen molar-refractivity contribution in [1.82, 2.24) is 0 Å². The number of carboxylic acid groups (broad SMARTS) is 1. The molecule has 0 aromatic heterocycles. The summed E-state index contributed by atoms with van der Waals surface area (Å²) in [6.07, 6.45) is 10.7. The van der Waals surface area contributed by atoms with Gasteiger partial charge in [0.2, 0.25) is 0 Å². The Hall–Kier alpha value is -1.78. The van der Waals surface area contributed by atoms with Gasteiger partial charge in [-0.25, -0.2) is 0 Å². The molecule has 0 aromatic carbocycles. The molecule has 0 unspecified atom stereocenters. The molecule has 51 heavy (non-hydrogen) atoms. The first-order valence-electron chi connectivity index (χ1n) is 19.8. The molecule has 0 bridgehead atoms. The predicted molar refractivity (Wildman–Crippen MR) is 202 cm³/mol. The van der Waals surface area contributed by atoms with Gasteiger partial charge in [-0.05, 0) is 110 Å². The maximum Gasteiger partial charge on any atom is 0.303 e. The molecule has 2 saturated heterocycles. The zero-order valence-electron chi connectivity index (χ0n) is 33.7. The third-order valence-electron chi connectivity index (χ3n) is 12.5. The van der Waals surface area contributed by atoms with Crippen molar-refractivity contribution in [3.63, 3.8) is 0 Å². The van der Waals surface area contributed by atoms with E-state index in [0.29, 0.717) is 25.7 Å². The molecule has 296 valence electrons. The highest BCUT2D eigenvalue weighted by molar-refractivity contribution is 5.91. The van der Waals surface area contributed by atoms with Crippen molar-refractivity contribution in [1.29, 1.82) is 0 Å². The molecule has 5 N–H and O–H groups in total. The monoisotopic (exact) mass is 723 g/mol. The highest BCUT2D eigenvalue weighted by Crippen LogP contribution is 2.51. The largest absolute Gasteiger partial charge is 0.512 e. The number of aliphatic hydroxyl groups is 4. The van der Waals surface area contributed by atoms with Gasteiger partial charge in [0, 0.05) is 36.2 Å². The fourth-order valence-electron chi connectivity index (χ4n) is 8.32. The van der Waals surface area contributed by atoms with Gasteiger partial charge in [0.05, 0.1) is 47.0 Å². The molecule has 0 amide bonds. The summed E-state index contributed by atoms with van der Waals surface area (Å²) in [6.45, 7) is 21.8. The Morgan fingerprint density at radius 3 is 2.02 bits per heavy atom. The smallest absolute Gasteiger partial charge is 0.303 e. The van der Waals surface area contributed by atoms with Crippen LogP contribution in [0.25, 0.3) is 0 Å². The van der Waals surface area contributed by atoms with Gasteiger partial charge in [-0.2, -0.15) is 0 Å². The van der Waals surface area contributed by atoms with Crippen LogP contribution in [0.15, 0.2) is 24.0 Å². The minimum Gasteiger partial charge on any atom is -0.512 e. The van der Waals surface area contributed by atoms with E-state index in [-0.39, 0.29) is 65.5 Å². The van der Waals surface area contributed by atoms with Gasteiger partial charge < -0.3 is 35.0 Å². The summed E-state index contributed by atoms with van der Waals surface area (Å²) in [5.74, 6) is -0.835. The third kappa shape index (κ3) is 13.2. The first kappa shape index (κ1) is 45.4. The average molecular weight is 723 g/mol. The Morgan fingerprint density at radius 1 is 0.804 bits per heavy atom. The second-order valence-electron chi connectivity index (χ2n) is 17.7. The Balaban J connectivity index is 1.79. The van der Waals surface area contributed by atoms with Crippen molar-refractivity contribution in [2.75, 3.05) is 0 Å². The van der Waals surface area contributed by atoms with Crippen LogP contribution in [0.2, 0.25) is 0 Å². The fourth-order valence-corrected chi connectivity index (χ4v) is 8.32. The molecular formula is C42H74O9. The van der Waals surface area contributed by atoms with E-state index in [4.69, 9.17) is 14.6 Å². The van der Waals surface area contributed by atoms with Crippen molar-refractivity contribution in [2.45, 2.75) is 188 Å². The second-order valence-corrected chi connectivity index (χ2v) is 17.7. The predicted octanol–water partition coefficient (Wildman–Crippen LogP) is 8.19. The number of carbonyl (C=O) groups is 2. The van der Waals surface area contributed by atoms with E-state index in [1.54, 1.807) is 6.92 Å². The van der Waals surface area contributed by atoms with Gasteiger partial charge in [0.25, 0.3) is 0 Å². The molecule has 2 heterocycles. The number of carboxylic acids is 1. The Labute approximate surface area is 309 Å². The van der Waals surface area contributed by atoms with Gasteiger partial charge in [-0.1, -0.05) is 60.6 Å². The summed E-state index contributed by atoms with van der Waals surface area (Å²) in [4.78, 5) is 23.7. The molecule has 2 rings (SSSR count). The molecule has 2 fully saturated rings. The van der Waals surface area contributed by atoms with E-state index in [1.807, 2.05) is 40.7 Å². The third-order valence-corrected chi connectivity index (χ3v) is 12.5. The molecule has 0 spiro atoms. The maximum absolute atomic E-state index is 12.8. The molecule has 14 atom stereocenters. The van der Waals surface area contributed by atoms with Crippen LogP contribution in [0.4, 0.5) is 0 Å². The molecule has 2 aliphatic heterocycles. The number of carbonyl (C=O) groups excluding carboxylic acids is 1. The number of aliphatic hydroxyl groups excluding tert-OH is 4. The van der Waals surface area contributed by atoms with Crippen LogP contribution in [0, 0.1) is 41.4 Å². The van der Waals surface area contributed by atoms with Crippen molar-refractivity contribution in [2.24, 2.45) is 41.4 Å². The summed E-state index contributed by atoms with van der Waals surface area (Å²) >= 11 is 0. The number of aliphatic carboxylic acids is 1. The van der Waals surface area contributed by atoms with E-state index in [0.717, 1.165) is 38.5 Å². The first-order chi connectivity index (χ1) is 23.5. The summed E-state index contributed by atoms with van der Waals surface area (Å²) in [7, 11) is 0. The lowest BCUT2D eigenvalue weighted by molar-refractivity contribution is -0.218. The first-order valence-corrected chi connectivity index (χ1v) is 19.8. The summed E-state index contributed by atoms with van der Waals surface area (Å²) in [5, 5.41) is 52.1. The summed E-state index contributed by atoms with van der Waals surface area (Å²) in [6, 6.07) is 0. The Bertz CT molecular complexity index is 1170. The van der Waals surface area contributed by atoms with Crippen molar-refractivity contribution < 1.29 is 44.6 Å². The number of ether oxygens (including phenoxy) is 2. The van der Waals surface area contributed by atoms with E-state index in [1.165, 1.54) is 6.08 Å². The molecule has 0 radical (unpaired) electrons. The van der Waals surface area contributed by atoms with Crippen LogP contribution in [-0.4, -0.2) is 78.5 Å². The molecule has 9 heteroatoms. The van der Waals surface area contributed by atoms with Crippen LogP contribution in [0.3, 0.4) is 0 Å². The normalized spacial score (nSPS) is 31.8. The van der Waals surface area contributed by atoms with Crippen LogP contribution < -0.4 is 0 Å². The van der Waals surface area contributed by atoms with Crippen LogP contribution >= 0.6 is 0 Å². The SMILES string of the molecule is C[C@H](CCC(=O)O)C[C@H](C)C[C@H](C)C(=O)/C=C(\O)[C@H](C)C[C@H](C)C/C=C/[C@@H](C)[C@@H](O)[C@@H](C)[C@@H](O)C[C@@H]1CC[C@@](C)([C@@]2(C)CC[C@@](C)([C@@H](C)O)O2)O1. The number of allylic oxidation sites excluding steroid dienone is 3. The van der Waals surface area contributed by atoms with Gasteiger partial charge in [-0.3, -0.25) is 9.59 Å². The van der Waals surface area contributed by atoms with Gasteiger partial charge in [0.15, 0.2) is 5.78 Å². The van der Waals surface area contributed by atoms with Gasteiger partial charge in [0.1, 0.15) is 0 Å². The average Bonchev–Trinajstić information content (AvgIpc) is 3.59. The molecule has 0 saturated carbocycles. The van der Waals surface area contributed by atoms with Gasteiger partial charge >= 0.3 is 5.97 Å². The molecule has 9 nitrogen and oxygen atoms in total. The molecule has 0 aromatic rings. The quantitative estimate of drug-likeness (QED) is 0.0423. The van der Waals surface area contributed by atoms with Crippen molar-refractivity contribution >= 4 is 11.8 Å². The molecular weight excluding hydrogens is 648 g/mol. The minimum absolute atomic E-state index is 0.0815. The maximum atomic E-state index is 12.8. The lowest BCUT2D eigenvalue weighted by Crippen LogP contribution is -2.52. The van der Waals surface area contributed by atoms with Crippen LogP contribution in [-0.2, 0) is 19.1 Å². The van der Waals surface area contributed by atoms with Crippen LogP contribution in [0.1, 0.15) is 147 Å². The van der Waals surface area contributed by atoms with E-state index < -0.39 is 41.1 Å². The second kappa shape index (κ2) is 19.5. The highest BCUT2D eigenvalue weighted by atomic mass is 16.6. The number of ketones is 1. The number of hydrogen-bond donors (Lipinski definition) is 5. The fraction of sp³-hybridized carbons (Fsp3) is 0.857. The van der Waals surface area contributed by atoms with E-state index in [2.05, 4.69) is 40.7 Å². The van der Waals surface area contributed by atoms with Crippen molar-refractivity contribution in [3.8, 4) is 0 Å². The highest BCUT2D eigenvalue weighted by Gasteiger charge is 2.58. The Kier molecular flexibility index (Phi) is 17.4. The van der Waals surface area contributed by atoms with Crippen LogP contribution in [0.5, 0.6) is 0 Å². The topological polar surface area (TPSA) is 154 Å². The van der Waals surface area contributed by atoms with E-state index >= 15 is 0 Å².